The second kappa shape index (κ2) is 38.5. The number of benzene rings is 15. The first-order chi connectivity index (χ1) is 53.7. The minimum atomic E-state index is -3.37. The van der Waals surface area contributed by atoms with Crippen molar-refractivity contribution in [2.75, 3.05) is 16.0 Å². The van der Waals surface area contributed by atoms with Crippen molar-refractivity contribution < 1.29 is 27.5 Å². The molecule has 15 aromatic carbocycles. The molecular formula is C102H99N3O6S. The predicted molar refractivity (Wildman–Crippen MR) is 469 cm³/mol. The molecule has 0 aliphatic heterocycles. The van der Waals surface area contributed by atoms with Crippen LogP contribution in [0.5, 0.6) is 5.75 Å². The maximum absolute atomic E-state index is 12.3. The SMILES string of the molecule is Cc1ccc(NC(=O)Nc2ccc(C)cc2)cc1.Cc1ccc(NC(=O)c2ccc(C)cc2)cc1.Cc1ccc(OC(=O)c2ccc(C)cc2)cc1.Cc1ccc(S(=O)(=O)c2ccc(C)cc2)cc1.Cc1ccc2c(c1)Cc1cc(C)ccc1-2.Cc1cccc2c(C)cccc12.Cc1cccc2cc3c(C)cccc3cc12. The summed E-state index contributed by atoms with van der Waals surface area (Å²) in [4.78, 5) is 36.1. The zero-order valence-corrected chi connectivity index (χ0v) is 67.4. The molecule has 1 aliphatic carbocycles. The van der Waals surface area contributed by atoms with Gasteiger partial charge in [0.2, 0.25) is 9.84 Å². The molecule has 0 saturated heterocycles. The number of carbonyl (C=O) groups is 3. The number of urea groups is 1. The van der Waals surface area contributed by atoms with E-state index in [-0.39, 0.29) is 17.9 Å². The molecule has 9 nitrogen and oxygen atoms in total. The first-order valence-corrected chi connectivity index (χ1v) is 39.1. The second-order valence-electron chi connectivity index (χ2n) is 28.9. The van der Waals surface area contributed by atoms with Crippen LogP contribution in [-0.4, -0.2) is 26.3 Å². The van der Waals surface area contributed by atoms with E-state index < -0.39 is 9.84 Å². The van der Waals surface area contributed by atoms with Gasteiger partial charge in [-0.15, -0.1) is 0 Å². The molecule has 564 valence electrons. The van der Waals surface area contributed by atoms with Gasteiger partial charge in [0.25, 0.3) is 5.91 Å². The molecule has 15 aromatic rings. The van der Waals surface area contributed by atoms with Gasteiger partial charge in [0, 0.05) is 22.6 Å². The van der Waals surface area contributed by atoms with E-state index in [0.717, 1.165) is 51.3 Å². The Balaban J connectivity index is 0.000000139. The summed E-state index contributed by atoms with van der Waals surface area (Å²) in [6.07, 6.45) is 1.11. The summed E-state index contributed by atoms with van der Waals surface area (Å²) >= 11 is 0. The molecule has 1 aliphatic rings. The Morgan fingerprint density at radius 1 is 0.286 bits per heavy atom. The fourth-order valence-corrected chi connectivity index (χ4v) is 13.9. The molecule has 0 atom stereocenters. The fourth-order valence-electron chi connectivity index (χ4n) is 12.6. The van der Waals surface area contributed by atoms with Crippen molar-refractivity contribution in [1.29, 1.82) is 0 Å². The summed E-state index contributed by atoms with van der Waals surface area (Å²) in [5, 5.41) is 16.6. The molecule has 3 N–H and O–H groups in total. The van der Waals surface area contributed by atoms with Gasteiger partial charge in [0.15, 0.2) is 0 Å². The van der Waals surface area contributed by atoms with Gasteiger partial charge in [-0.1, -0.05) is 262 Å². The van der Waals surface area contributed by atoms with Crippen molar-refractivity contribution in [3.63, 3.8) is 0 Å². The molecule has 112 heavy (non-hydrogen) atoms. The van der Waals surface area contributed by atoms with Gasteiger partial charge in [-0.05, 0) is 289 Å². The number of ether oxygens (including phenoxy) is 1. The van der Waals surface area contributed by atoms with E-state index in [0.29, 0.717) is 26.7 Å². The molecular weight excluding hydrogens is 1400 g/mol. The zero-order valence-electron chi connectivity index (χ0n) is 66.6. The molecule has 10 heteroatoms. The molecule has 0 aromatic heterocycles. The lowest BCUT2D eigenvalue weighted by molar-refractivity contribution is 0.0734. The number of hydrogen-bond acceptors (Lipinski definition) is 6. The van der Waals surface area contributed by atoms with Crippen LogP contribution in [0.3, 0.4) is 0 Å². The topological polar surface area (TPSA) is 131 Å². The Bertz CT molecular complexity index is 5490. The van der Waals surface area contributed by atoms with E-state index in [9.17, 15) is 22.8 Å². The van der Waals surface area contributed by atoms with Gasteiger partial charge in [-0.25, -0.2) is 18.0 Å². The van der Waals surface area contributed by atoms with Gasteiger partial charge >= 0.3 is 12.0 Å². The number of carbonyl (C=O) groups excluding carboxylic acids is 3. The normalized spacial score (nSPS) is 10.7. The van der Waals surface area contributed by atoms with Crippen molar-refractivity contribution in [3.05, 3.63) is 416 Å². The summed E-state index contributed by atoms with van der Waals surface area (Å²) in [5.74, 6) is 0.170. The zero-order chi connectivity index (χ0) is 80.0. The van der Waals surface area contributed by atoms with Gasteiger partial charge in [0.1, 0.15) is 5.75 Å². The highest BCUT2D eigenvalue weighted by molar-refractivity contribution is 7.91. The van der Waals surface area contributed by atoms with Gasteiger partial charge < -0.3 is 20.7 Å². The van der Waals surface area contributed by atoms with E-state index >= 15 is 0 Å². The Kier molecular flexibility index (Phi) is 28.1. The standard InChI is InChI=1S/C16H14.C15H16N2O.C15H15NO.C15H14O2.C15H14.C14H14O2S.C12H12/c1-11-5-3-7-13-10-16-12(2)6-4-8-14(16)9-15(11)13;1-11-3-7-13(8-4-11)16-15(18)17-14-9-5-12(2)6-10-14;1-11-3-7-13(8-4-11)15(17)16-14-9-5-12(2)6-10-14;1-11-3-7-13(8-4-11)15(16)17-14-9-5-12(2)6-10-14;1-10-3-5-14-12(7-10)9-13-8-11(2)4-6-15(13)14;1-11-3-7-13(8-4-11)17(15,16)14-9-5-12(2)6-10-14;1-9-5-3-8-12-10(2)6-4-7-11(9)12/h3-10H,1-2H3;3-10H,1-2H3,(H2,16,17,18);3-10H,1-2H3,(H,16,17);3-10H,1-2H3;3-8H,9H2,1-2H3;3-10H,1-2H3;3-8H,1-2H3. The highest BCUT2D eigenvalue weighted by atomic mass is 32.2. The molecule has 0 unspecified atom stereocenters. The molecule has 0 heterocycles. The number of anilines is 3. The van der Waals surface area contributed by atoms with Crippen molar-refractivity contribution >= 4 is 77.1 Å². The molecule has 0 saturated carbocycles. The van der Waals surface area contributed by atoms with Crippen LogP contribution in [0.25, 0.3) is 43.4 Å². The van der Waals surface area contributed by atoms with Crippen molar-refractivity contribution in [3.8, 4) is 16.9 Å². The maximum atomic E-state index is 12.3. The number of hydrogen-bond donors (Lipinski definition) is 3. The molecule has 0 radical (unpaired) electrons. The molecule has 16 rings (SSSR count). The molecule has 0 spiro atoms. The number of sulfone groups is 1. The van der Waals surface area contributed by atoms with Crippen molar-refractivity contribution in [2.45, 2.75) is 113 Å². The van der Waals surface area contributed by atoms with E-state index in [1.807, 2.05) is 177 Å². The molecule has 0 fully saturated rings. The third kappa shape index (κ3) is 23.2. The number of aryl methyl sites for hydroxylation is 14. The third-order valence-electron chi connectivity index (χ3n) is 19.3. The average molecular weight is 1490 g/mol. The van der Waals surface area contributed by atoms with Crippen LogP contribution in [0, 0.1) is 96.9 Å². The molecule has 3 amide bonds. The smallest absolute Gasteiger partial charge is 0.343 e. The fraction of sp³-hybridized carbons (Fsp3) is 0.147. The summed E-state index contributed by atoms with van der Waals surface area (Å²) < 4.78 is 29.8. The van der Waals surface area contributed by atoms with E-state index in [1.54, 1.807) is 72.8 Å². The van der Waals surface area contributed by atoms with Gasteiger partial charge in [0.05, 0.1) is 15.4 Å². The maximum Gasteiger partial charge on any atom is 0.343 e. The Labute approximate surface area is 662 Å². The number of nitrogens with one attached hydrogen (secondary N) is 3. The first-order valence-electron chi connectivity index (χ1n) is 37.6. The predicted octanol–water partition coefficient (Wildman–Crippen LogP) is 26.1. The van der Waals surface area contributed by atoms with Gasteiger partial charge in [-0.3, -0.25) is 4.79 Å². The second-order valence-corrected chi connectivity index (χ2v) is 30.8. The van der Waals surface area contributed by atoms with E-state index in [1.165, 1.54) is 105 Å². The highest BCUT2D eigenvalue weighted by Crippen LogP contribution is 2.37. The lowest BCUT2D eigenvalue weighted by Crippen LogP contribution is -2.19. The summed E-state index contributed by atoms with van der Waals surface area (Å²) in [6, 6.07) is 103. The molecule has 0 bridgehead atoms. The first kappa shape index (κ1) is 81.8. The Morgan fingerprint density at radius 3 is 0.946 bits per heavy atom. The Hall–Kier alpha value is -12.8. The van der Waals surface area contributed by atoms with Crippen LogP contribution in [0.1, 0.15) is 110 Å². The van der Waals surface area contributed by atoms with Crippen molar-refractivity contribution in [2.24, 2.45) is 0 Å². The summed E-state index contributed by atoms with van der Waals surface area (Å²) in [6.45, 7) is 28.9. The quantitative estimate of drug-likeness (QED) is 0.0789. The number of fused-ring (bicyclic) bond motifs is 6. The lowest BCUT2D eigenvalue weighted by Gasteiger charge is -2.08. The lowest BCUT2D eigenvalue weighted by atomic mass is 9.98. The average Bonchev–Trinajstić information content (AvgIpc) is 1.23. The van der Waals surface area contributed by atoms with Gasteiger partial charge in [-0.2, -0.15) is 0 Å². The van der Waals surface area contributed by atoms with Crippen molar-refractivity contribution in [1.82, 2.24) is 0 Å². The minimum Gasteiger partial charge on any atom is -0.423 e. The minimum absolute atomic E-state index is 0.0751. The monoisotopic (exact) mass is 1490 g/mol. The summed E-state index contributed by atoms with van der Waals surface area (Å²) in [7, 11) is -3.37. The number of esters is 1. The summed E-state index contributed by atoms with van der Waals surface area (Å²) in [5.41, 5.74) is 26.6. The van der Waals surface area contributed by atoms with Crippen LogP contribution in [0.2, 0.25) is 0 Å². The van der Waals surface area contributed by atoms with Crippen LogP contribution in [0.4, 0.5) is 21.9 Å². The van der Waals surface area contributed by atoms with E-state index in [2.05, 4.69) is 179 Å². The van der Waals surface area contributed by atoms with Crippen LogP contribution in [-0.2, 0) is 16.3 Å². The Morgan fingerprint density at radius 2 is 0.580 bits per heavy atom. The van der Waals surface area contributed by atoms with Crippen LogP contribution < -0.4 is 20.7 Å². The van der Waals surface area contributed by atoms with Crippen LogP contribution >= 0.6 is 0 Å². The highest BCUT2D eigenvalue weighted by Gasteiger charge is 2.19. The van der Waals surface area contributed by atoms with E-state index in [4.69, 9.17) is 4.74 Å². The largest absolute Gasteiger partial charge is 0.423 e. The third-order valence-corrected chi connectivity index (χ3v) is 21.1. The number of rotatable bonds is 8. The number of amides is 3. The van der Waals surface area contributed by atoms with Crippen LogP contribution in [0.15, 0.2) is 325 Å².